The molecule has 8 aromatic rings. The summed E-state index contributed by atoms with van der Waals surface area (Å²) >= 11 is 7.34. The molecule has 0 spiro atoms. The zero-order valence-electron chi connectivity index (χ0n) is 36.7. The van der Waals surface area contributed by atoms with Gasteiger partial charge in [0.15, 0.2) is 0 Å². The number of unbranched alkanes of at least 4 members (excludes halogenated alkanes) is 14. The fraction of sp³-hybridized carbons (Fsp3) is 0.357. The molecule has 0 bridgehead atoms. The number of fused-ring (bicyclic) bond motifs is 2. The van der Waals surface area contributed by atoms with E-state index in [0.29, 0.717) is 13.2 Å². The monoisotopic (exact) mass is 894 g/mol. The minimum Gasteiger partial charge on any atom is -0.493 e. The molecule has 0 aliphatic heterocycles. The van der Waals surface area contributed by atoms with Crippen molar-refractivity contribution < 1.29 is 9.47 Å². The normalized spacial score (nSPS) is 11.6. The second-order valence-electron chi connectivity index (χ2n) is 16.7. The van der Waals surface area contributed by atoms with Gasteiger partial charge < -0.3 is 9.47 Å². The van der Waals surface area contributed by atoms with Crippen LogP contribution >= 0.6 is 45.3 Å². The SMILES string of the molecule is CCCCCCCCCCOc1ccc2cc(-c3ccc(-c4cccs4)s3)ccc2c1-c1c(OCCCCCCCCCC)ccc2cc(-c3ccc(-c4cccs4)s3)ccc12. The fourth-order valence-electron chi connectivity index (χ4n) is 8.61. The van der Waals surface area contributed by atoms with Crippen LogP contribution in [-0.4, -0.2) is 13.2 Å². The predicted octanol–water partition coefficient (Wildman–Crippen LogP) is 19.6. The maximum atomic E-state index is 6.89. The van der Waals surface area contributed by atoms with Gasteiger partial charge in [-0.25, -0.2) is 0 Å². The van der Waals surface area contributed by atoms with Crippen molar-refractivity contribution in [1.82, 2.24) is 0 Å². The Morgan fingerprint density at radius 2 is 0.774 bits per heavy atom. The highest BCUT2D eigenvalue weighted by Gasteiger charge is 2.21. The Hall–Kier alpha value is -4.20. The second kappa shape index (κ2) is 22.9. The summed E-state index contributed by atoms with van der Waals surface area (Å²) in [7, 11) is 0. The van der Waals surface area contributed by atoms with E-state index in [-0.39, 0.29) is 0 Å². The average Bonchev–Trinajstić information content (AvgIpc) is 4.16. The van der Waals surface area contributed by atoms with Crippen molar-refractivity contribution in [2.24, 2.45) is 0 Å². The van der Waals surface area contributed by atoms with Gasteiger partial charge in [0, 0.05) is 40.4 Å². The van der Waals surface area contributed by atoms with Crippen molar-refractivity contribution in [3.63, 3.8) is 0 Å². The summed E-state index contributed by atoms with van der Waals surface area (Å²) in [6.45, 7) is 6.00. The summed E-state index contributed by atoms with van der Waals surface area (Å²) in [4.78, 5) is 7.86. The summed E-state index contributed by atoms with van der Waals surface area (Å²) in [5.41, 5.74) is 4.77. The van der Waals surface area contributed by atoms with Gasteiger partial charge in [-0.1, -0.05) is 152 Å². The maximum absolute atomic E-state index is 6.89. The van der Waals surface area contributed by atoms with Gasteiger partial charge in [-0.05, 0) is 117 Å². The van der Waals surface area contributed by atoms with Crippen molar-refractivity contribution in [3.05, 3.63) is 120 Å². The van der Waals surface area contributed by atoms with Gasteiger partial charge in [-0.2, -0.15) is 0 Å². The lowest BCUT2D eigenvalue weighted by Crippen LogP contribution is -2.03. The van der Waals surface area contributed by atoms with Crippen LogP contribution in [0.25, 0.3) is 73.1 Å². The molecule has 322 valence electrons. The number of ether oxygens (including phenoxy) is 2. The highest BCUT2D eigenvalue weighted by Crippen LogP contribution is 2.48. The first kappa shape index (κ1) is 44.4. The van der Waals surface area contributed by atoms with Gasteiger partial charge in [0.2, 0.25) is 0 Å². The first-order valence-corrected chi connectivity index (χ1v) is 26.8. The summed E-state index contributed by atoms with van der Waals surface area (Å²) in [6, 6.07) is 40.8. The van der Waals surface area contributed by atoms with E-state index >= 15 is 0 Å². The number of hydrogen-bond acceptors (Lipinski definition) is 6. The van der Waals surface area contributed by atoms with E-state index in [1.54, 1.807) is 22.7 Å². The molecule has 0 atom stereocenters. The minimum atomic E-state index is 0.709. The third-order valence-electron chi connectivity index (χ3n) is 12.0. The maximum Gasteiger partial charge on any atom is 0.127 e. The van der Waals surface area contributed by atoms with Crippen LogP contribution in [0, 0.1) is 0 Å². The Kier molecular flexibility index (Phi) is 16.4. The minimum absolute atomic E-state index is 0.709. The van der Waals surface area contributed by atoms with Gasteiger partial charge in [0.05, 0.1) is 13.2 Å². The molecule has 4 heterocycles. The molecule has 0 saturated heterocycles. The topological polar surface area (TPSA) is 18.5 Å². The van der Waals surface area contributed by atoms with E-state index in [0.717, 1.165) is 35.5 Å². The lowest BCUT2D eigenvalue weighted by molar-refractivity contribution is 0.301. The first-order chi connectivity index (χ1) is 30.7. The fourth-order valence-corrected chi connectivity index (χ4v) is 12.3. The Bertz CT molecular complexity index is 2390. The molecule has 0 radical (unpaired) electrons. The zero-order chi connectivity index (χ0) is 42.4. The lowest BCUT2D eigenvalue weighted by atomic mass is 9.90. The molecule has 0 fully saturated rings. The summed E-state index contributed by atoms with van der Waals surface area (Å²) in [6.07, 6.45) is 20.4. The largest absolute Gasteiger partial charge is 0.493 e. The van der Waals surface area contributed by atoms with Crippen LogP contribution in [0.2, 0.25) is 0 Å². The lowest BCUT2D eigenvalue weighted by Gasteiger charge is -2.20. The molecule has 4 aromatic carbocycles. The average molecular weight is 895 g/mol. The predicted molar refractivity (Wildman–Crippen MR) is 276 cm³/mol. The van der Waals surface area contributed by atoms with Crippen molar-refractivity contribution in [1.29, 1.82) is 0 Å². The molecular weight excluding hydrogens is 833 g/mol. The van der Waals surface area contributed by atoms with Gasteiger partial charge in [0.1, 0.15) is 11.5 Å². The van der Waals surface area contributed by atoms with E-state index in [9.17, 15) is 0 Å². The third-order valence-corrected chi connectivity index (χ3v) is 16.4. The number of hydrogen-bond donors (Lipinski definition) is 0. The molecule has 0 aliphatic rings. The number of benzene rings is 4. The van der Waals surface area contributed by atoms with Crippen molar-refractivity contribution in [2.75, 3.05) is 13.2 Å². The molecular formula is C56H62O2S4. The standard InChI is InChI=1S/C56H62O2S4/c1-3-5-7-9-11-13-15-17-35-57-47-29-25-41-39-43(49-31-33-53(61-49)51-21-19-37-59-51)23-27-45(41)55(47)56-46-28-24-44(50-32-34-54(62-50)52-22-20-38-60-52)40-42(46)26-30-48(56)58-36-18-16-14-12-10-8-6-4-2/h19-34,37-40H,3-18,35-36H2,1-2H3. The molecule has 62 heavy (non-hydrogen) atoms. The van der Waals surface area contributed by atoms with Crippen LogP contribution in [0.5, 0.6) is 11.5 Å². The van der Waals surface area contributed by atoms with Crippen molar-refractivity contribution in [3.8, 4) is 63.0 Å². The van der Waals surface area contributed by atoms with Gasteiger partial charge in [-0.15, -0.1) is 45.3 Å². The molecule has 0 N–H and O–H groups in total. The van der Waals surface area contributed by atoms with E-state index < -0.39 is 0 Å². The Balaban J connectivity index is 1.15. The quantitative estimate of drug-likeness (QED) is 0.0532. The molecule has 6 heteroatoms. The number of rotatable bonds is 25. The van der Waals surface area contributed by atoms with E-state index in [1.807, 2.05) is 22.7 Å². The van der Waals surface area contributed by atoms with Crippen molar-refractivity contribution in [2.45, 2.75) is 117 Å². The van der Waals surface area contributed by atoms with E-state index in [2.05, 4.69) is 134 Å². The van der Waals surface area contributed by atoms with Crippen LogP contribution in [-0.2, 0) is 0 Å². The smallest absolute Gasteiger partial charge is 0.127 e. The second-order valence-corrected chi connectivity index (χ2v) is 20.7. The van der Waals surface area contributed by atoms with E-state index in [1.165, 1.54) is 152 Å². The summed E-state index contributed by atoms with van der Waals surface area (Å²) in [5.74, 6) is 1.88. The van der Waals surface area contributed by atoms with Crippen LogP contribution in [0.15, 0.2) is 120 Å². The van der Waals surface area contributed by atoms with Gasteiger partial charge >= 0.3 is 0 Å². The molecule has 2 nitrogen and oxygen atoms in total. The first-order valence-electron chi connectivity index (χ1n) is 23.4. The molecule has 0 saturated carbocycles. The van der Waals surface area contributed by atoms with Gasteiger partial charge in [0.25, 0.3) is 0 Å². The highest BCUT2D eigenvalue weighted by molar-refractivity contribution is 7.23. The Morgan fingerprint density at radius 1 is 0.371 bits per heavy atom. The van der Waals surface area contributed by atoms with Crippen LogP contribution in [0.1, 0.15) is 117 Å². The number of thiophene rings is 4. The van der Waals surface area contributed by atoms with Gasteiger partial charge in [-0.3, -0.25) is 0 Å². The zero-order valence-corrected chi connectivity index (χ0v) is 40.0. The highest BCUT2D eigenvalue weighted by atomic mass is 32.1. The summed E-state index contributed by atoms with van der Waals surface area (Å²) < 4.78 is 13.8. The molecule has 0 unspecified atom stereocenters. The Morgan fingerprint density at radius 3 is 1.18 bits per heavy atom. The van der Waals surface area contributed by atoms with E-state index in [4.69, 9.17) is 9.47 Å². The Labute approximate surface area is 386 Å². The van der Waals surface area contributed by atoms with Crippen LogP contribution < -0.4 is 9.47 Å². The molecule has 0 aliphatic carbocycles. The van der Waals surface area contributed by atoms with Crippen molar-refractivity contribution >= 4 is 66.9 Å². The van der Waals surface area contributed by atoms with Crippen LogP contribution in [0.3, 0.4) is 0 Å². The molecule has 4 aromatic heterocycles. The molecule has 0 amide bonds. The third kappa shape index (κ3) is 11.3. The van der Waals surface area contributed by atoms with Crippen LogP contribution in [0.4, 0.5) is 0 Å². The molecule has 8 rings (SSSR count). The summed E-state index contributed by atoms with van der Waals surface area (Å²) in [5, 5.41) is 9.14.